The van der Waals surface area contributed by atoms with E-state index in [1.54, 1.807) is 23.4 Å². The molecule has 0 radical (unpaired) electrons. The van der Waals surface area contributed by atoms with Crippen molar-refractivity contribution in [3.05, 3.63) is 71.3 Å². The summed E-state index contributed by atoms with van der Waals surface area (Å²) in [5.41, 5.74) is 1.44. The van der Waals surface area contributed by atoms with Gasteiger partial charge in [-0.05, 0) is 18.1 Å². The van der Waals surface area contributed by atoms with E-state index in [4.69, 9.17) is 11.6 Å². The number of benzene rings is 1. The second-order valence-electron chi connectivity index (χ2n) is 6.88. The van der Waals surface area contributed by atoms with Crippen molar-refractivity contribution in [1.29, 1.82) is 0 Å². The largest absolute Gasteiger partial charge is 0.354 e. The Balaban J connectivity index is 1.36. The van der Waals surface area contributed by atoms with E-state index in [1.807, 2.05) is 18.2 Å². The van der Waals surface area contributed by atoms with E-state index >= 15 is 0 Å². The highest BCUT2D eigenvalue weighted by atomic mass is 35.5. The number of hydrogen-bond acceptors (Lipinski definition) is 7. The molecule has 8 nitrogen and oxygen atoms in total. The molecule has 3 aromatic rings. The van der Waals surface area contributed by atoms with Crippen molar-refractivity contribution in [1.82, 2.24) is 24.8 Å². The SMILES string of the molecule is O=C(c1nc(NCCc2ccccc2)ncc1Cl)N1CCN(c2ncccn2)CC1. The van der Waals surface area contributed by atoms with Crippen LogP contribution in [0.3, 0.4) is 0 Å². The molecule has 0 atom stereocenters. The molecule has 1 aliphatic heterocycles. The molecule has 1 N–H and O–H groups in total. The second-order valence-corrected chi connectivity index (χ2v) is 7.29. The number of piperazine rings is 1. The van der Waals surface area contributed by atoms with Crippen molar-refractivity contribution in [2.24, 2.45) is 0 Å². The lowest BCUT2D eigenvalue weighted by Gasteiger charge is -2.34. The van der Waals surface area contributed by atoms with Gasteiger partial charge < -0.3 is 15.1 Å². The van der Waals surface area contributed by atoms with Crippen LogP contribution in [0.5, 0.6) is 0 Å². The quantitative estimate of drug-likeness (QED) is 0.651. The predicted molar refractivity (Wildman–Crippen MR) is 116 cm³/mol. The number of carbonyl (C=O) groups excluding carboxylic acids is 1. The molecule has 1 aromatic carbocycles. The van der Waals surface area contributed by atoms with E-state index in [-0.39, 0.29) is 16.6 Å². The zero-order chi connectivity index (χ0) is 20.8. The maximum Gasteiger partial charge on any atom is 0.274 e. The molecule has 0 bridgehead atoms. The summed E-state index contributed by atoms with van der Waals surface area (Å²) in [6, 6.07) is 11.9. The number of amides is 1. The maximum absolute atomic E-state index is 13.0. The fourth-order valence-corrected chi connectivity index (χ4v) is 3.45. The van der Waals surface area contributed by atoms with Gasteiger partial charge in [0.05, 0.1) is 11.2 Å². The molecule has 0 spiro atoms. The molecule has 0 aliphatic carbocycles. The number of carbonyl (C=O) groups is 1. The van der Waals surface area contributed by atoms with Gasteiger partial charge in [-0.1, -0.05) is 41.9 Å². The predicted octanol–water partition coefficient (Wildman–Crippen LogP) is 2.54. The second kappa shape index (κ2) is 9.49. The lowest BCUT2D eigenvalue weighted by Crippen LogP contribution is -2.49. The molecule has 1 fully saturated rings. The van der Waals surface area contributed by atoms with Crippen molar-refractivity contribution in [3.63, 3.8) is 0 Å². The van der Waals surface area contributed by atoms with Gasteiger partial charge in [0, 0.05) is 45.1 Å². The topological polar surface area (TPSA) is 87.1 Å². The lowest BCUT2D eigenvalue weighted by atomic mass is 10.1. The van der Waals surface area contributed by atoms with Crippen molar-refractivity contribution >= 4 is 29.4 Å². The lowest BCUT2D eigenvalue weighted by molar-refractivity contribution is 0.0740. The Morgan fingerprint density at radius 2 is 1.73 bits per heavy atom. The summed E-state index contributed by atoms with van der Waals surface area (Å²) in [6.07, 6.45) is 5.74. The van der Waals surface area contributed by atoms with Gasteiger partial charge in [0.25, 0.3) is 5.91 Å². The van der Waals surface area contributed by atoms with Crippen LogP contribution in [0.2, 0.25) is 5.02 Å². The molecule has 0 unspecified atom stereocenters. The highest BCUT2D eigenvalue weighted by Gasteiger charge is 2.26. The van der Waals surface area contributed by atoms with Gasteiger partial charge in [-0.3, -0.25) is 4.79 Å². The van der Waals surface area contributed by atoms with Crippen LogP contribution >= 0.6 is 11.6 Å². The molecule has 154 valence electrons. The maximum atomic E-state index is 13.0. The number of hydrogen-bond donors (Lipinski definition) is 1. The Morgan fingerprint density at radius 3 is 2.47 bits per heavy atom. The Kier molecular flexibility index (Phi) is 6.34. The number of nitrogens with zero attached hydrogens (tertiary/aromatic N) is 6. The smallest absolute Gasteiger partial charge is 0.274 e. The van der Waals surface area contributed by atoms with Gasteiger partial charge in [-0.2, -0.15) is 0 Å². The molecule has 30 heavy (non-hydrogen) atoms. The zero-order valence-corrected chi connectivity index (χ0v) is 17.2. The first kappa shape index (κ1) is 20.0. The van der Waals surface area contributed by atoms with Crippen LogP contribution in [-0.4, -0.2) is 63.5 Å². The first-order valence-corrected chi connectivity index (χ1v) is 10.2. The third-order valence-electron chi connectivity index (χ3n) is 4.89. The molecule has 9 heteroatoms. The molecular weight excluding hydrogens is 402 g/mol. The van der Waals surface area contributed by atoms with Crippen LogP contribution in [-0.2, 0) is 6.42 Å². The number of anilines is 2. The van der Waals surface area contributed by atoms with Crippen LogP contribution in [0, 0.1) is 0 Å². The van der Waals surface area contributed by atoms with Crippen LogP contribution < -0.4 is 10.2 Å². The minimum atomic E-state index is -0.192. The molecule has 3 heterocycles. The summed E-state index contributed by atoms with van der Waals surface area (Å²) < 4.78 is 0. The van der Waals surface area contributed by atoms with Crippen LogP contribution in [0.4, 0.5) is 11.9 Å². The summed E-state index contributed by atoms with van der Waals surface area (Å²) in [4.78, 5) is 33.9. The first-order chi connectivity index (χ1) is 14.7. The van der Waals surface area contributed by atoms with E-state index in [9.17, 15) is 4.79 Å². The summed E-state index contributed by atoms with van der Waals surface area (Å²) in [6.45, 7) is 3.07. The molecule has 1 aliphatic rings. The van der Waals surface area contributed by atoms with Crippen molar-refractivity contribution in [3.8, 4) is 0 Å². The molecule has 1 amide bonds. The fourth-order valence-electron chi connectivity index (χ4n) is 3.28. The van der Waals surface area contributed by atoms with Gasteiger partial charge in [-0.25, -0.2) is 19.9 Å². The Morgan fingerprint density at radius 1 is 1.00 bits per heavy atom. The van der Waals surface area contributed by atoms with Crippen LogP contribution in [0.15, 0.2) is 55.0 Å². The average Bonchev–Trinajstić information content (AvgIpc) is 2.81. The molecule has 0 saturated carbocycles. The summed E-state index contributed by atoms with van der Waals surface area (Å²) >= 11 is 6.23. The number of rotatable bonds is 6. The van der Waals surface area contributed by atoms with E-state index in [2.05, 4.69) is 42.3 Å². The normalized spacial score (nSPS) is 13.9. The molecule has 4 rings (SSSR count). The molecule has 2 aromatic heterocycles. The third-order valence-corrected chi connectivity index (χ3v) is 5.16. The van der Waals surface area contributed by atoms with Gasteiger partial charge in [0.2, 0.25) is 11.9 Å². The Bertz CT molecular complexity index is 979. The number of aromatic nitrogens is 4. The van der Waals surface area contributed by atoms with Gasteiger partial charge in [-0.15, -0.1) is 0 Å². The van der Waals surface area contributed by atoms with Crippen LogP contribution in [0.1, 0.15) is 16.1 Å². The minimum absolute atomic E-state index is 0.192. The number of nitrogens with one attached hydrogen (secondary N) is 1. The Hall–Kier alpha value is -3.26. The fraction of sp³-hybridized carbons (Fsp3) is 0.286. The standard InChI is InChI=1S/C21H22ClN7O/c22-17-15-26-20(23-10-7-16-5-2-1-3-6-16)27-18(17)19(30)28-11-13-29(14-12-28)21-24-8-4-9-25-21/h1-6,8-9,15H,7,10-14H2,(H,23,26,27). The van der Waals surface area contributed by atoms with E-state index in [0.29, 0.717) is 44.6 Å². The van der Waals surface area contributed by atoms with E-state index in [0.717, 1.165) is 6.42 Å². The average molecular weight is 424 g/mol. The minimum Gasteiger partial charge on any atom is -0.354 e. The Labute approximate surface area is 180 Å². The van der Waals surface area contributed by atoms with Gasteiger partial charge in [0.1, 0.15) is 0 Å². The highest BCUT2D eigenvalue weighted by molar-refractivity contribution is 6.33. The van der Waals surface area contributed by atoms with Crippen molar-refractivity contribution < 1.29 is 4.79 Å². The molecular formula is C21H22ClN7O. The summed E-state index contributed by atoms with van der Waals surface area (Å²) in [5.74, 6) is 0.881. The summed E-state index contributed by atoms with van der Waals surface area (Å²) in [7, 11) is 0. The zero-order valence-electron chi connectivity index (χ0n) is 16.4. The summed E-state index contributed by atoms with van der Waals surface area (Å²) in [5, 5.41) is 3.42. The van der Waals surface area contributed by atoms with Gasteiger partial charge >= 0.3 is 0 Å². The van der Waals surface area contributed by atoms with E-state index < -0.39 is 0 Å². The number of halogens is 1. The molecule has 1 saturated heterocycles. The van der Waals surface area contributed by atoms with E-state index in [1.165, 1.54) is 11.8 Å². The van der Waals surface area contributed by atoms with Crippen molar-refractivity contribution in [2.75, 3.05) is 42.9 Å². The van der Waals surface area contributed by atoms with Crippen molar-refractivity contribution in [2.45, 2.75) is 6.42 Å². The van der Waals surface area contributed by atoms with Gasteiger partial charge in [0.15, 0.2) is 5.69 Å². The monoisotopic (exact) mass is 423 g/mol. The first-order valence-electron chi connectivity index (χ1n) is 9.82. The third kappa shape index (κ3) is 4.83. The highest BCUT2D eigenvalue weighted by Crippen LogP contribution is 2.18. The van der Waals surface area contributed by atoms with Crippen LogP contribution in [0.25, 0.3) is 0 Å².